The zero-order chi connectivity index (χ0) is 16.2. The van der Waals surface area contributed by atoms with Gasteiger partial charge in [0.25, 0.3) is 0 Å². The van der Waals surface area contributed by atoms with Gasteiger partial charge in [-0.15, -0.1) is 24.0 Å². The van der Waals surface area contributed by atoms with Crippen LogP contribution in [0, 0.1) is 5.92 Å². The average Bonchev–Trinajstić information content (AvgIpc) is 2.50. The van der Waals surface area contributed by atoms with Crippen LogP contribution in [0.25, 0.3) is 0 Å². The normalized spacial score (nSPS) is 19.5. The van der Waals surface area contributed by atoms with Crippen LogP contribution in [0.5, 0.6) is 0 Å². The van der Waals surface area contributed by atoms with Crippen molar-refractivity contribution in [3.63, 3.8) is 0 Å². The van der Waals surface area contributed by atoms with Gasteiger partial charge in [-0.05, 0) is 12.3 Å². The van der Waals surface area contributed by atoms with Gasteiger partial charge in [0, 0.05) is 39.8 Å². The smallest absolute Gasteiger partial charge is 0.191 e. The third-order valence-electron chi connectivity index (χ3n) is 3.89. The van der Waals surface area contributed by atoms with Crippen molar-refractivity contribution in [2.45, 2.75) is 52.6 Å². The van der Waals surface area contributed by atoms with Gasteiger partial charge in [-0.25, -0.2) is 0 Å². The Morgan fingerprint density at radius 3 is 2.70 bits per heavy atom. The molecule has 0 spiro atoms. The molecule has 1 unspecified atom stereocenters. The molecule has 1 fully saturated rings. The van der Waals surface area contributed by atoms with Crippen molar-refractivity contribution < 1.29 is 4.74 Å². The van der Waals surface area contributed by atoms with E-state index >= 15 is 0 Å². The lowest BCUT2D eigenvalue weighted by atomic mass is 10.2. The minimum atomic E-state index is 0. The number of nitrogens with one attached hydrogen (secondary N) is 2. The molecular formula is C17H37IN4O. The van der Waals surface area contributed by atoms with E-state index in [9.17, 15) is 0 Å². The number of morpholine rings is 1. The minimum absolute atomic E-state index is 0. The molecule has 2 N–H and O–H groups in total. The van der Waals surface area contributed by atoms with Gasteiger partial charge in [0.15, 0.2) is 5.96 Å². The lowest BCUT2D eigenvalue weighted by Gasteiger charge is -2.34. The van der Waals surface area contributed by atoms with E-state index in [-0.39, 0.29) is 30.1 Å². The van der Waals surface area contributed by atoms with E-state index in [0.29, 0.717) is 5.92 Å². The van der Waals surface area contributed by atoms with Crippen LogP contribution in [0.2, 0.25) is 0 Å². The van der Waals surface area contributed by atoms with Crippen LogP contribution >= 0.6 is 24.0 Å². The van der Waals surface area contributed by atoms with E-state index < -0.39 is 0 Å². The first-order valence-corrected chi connectivity index (χ1v) is 8.94. The standard InChI is InChI=1S/C17H36N4O.HI/c1-5-6-7-8-9-19-17(18-4)20-12-16-14-21(10-11-22-16)13-15(2)3;/h15-16H,5-14H2,1-4H3,(H2,18,19,20);1H. The van der Waals surface area contributed by atoms with Crippen LogP contribution in [0.3, 0.4) is 0 Å². The molecule has 0 aliphatic carbocycles. The molecular weight excluding hydrogens is 403 g/mol. The second kappa shape index (κ2) is 14.3. The summed E-state index contributed by atoms with van der Waals surface area (Å²) in [6.45, 7) is 12.7. The molecule has 0 radical (unpaired) electrons. The van der Waals surface area contributed by atoms with Gasteiger partial charge in [-0.1, -0.05) is 40.0 Å². The van der Waals surface area contributed by atoms with Gasteiger partial charge in [-0.3, -0.25) is 9.89 Å². The summed E-state index contributed by atoms with van der Waals surface area (Å²) in [7, 11) is 1.83. The number of nitrogens with zero attached hydrogens (tertiary/aromatic N) is 2. The Hall–Kier alpha value is -0.0800. The summed E-state index contributed by atoms with van der Waals surface area (Å²) >= 11 is 0. The molecule has 23 heavy (non-hydrogen) atoms. The molecule has 5 nitrogen and oxygen atoms in total. The number of halogens is 1. The highest BCUT2D eigenvalue weighted by atomic mass is 127. The first kappa shape index (κ1) is 22.9. The van der Waals surface area contributed by atoms with Gasteiger partial charge >= 0.3 is 0 Å². The molecule has 1 saturated heterocycles. The number of hydrogen-bond donors (Lipinski definition) is 2. The first-order valence-electron chi connectivity index (χ1n) is 8.94. The van der Waals surface area contributed by atoms with Crippen molar-refractivity contribution in [2.75, 3.05) is 46.4 Å². The van der Waals surface area contributed by atoms with E-state index in [2.05, 4.69) is 41.3 Å². The Kier molecular flexibility index (Phi) is 14.2. The summed E-state index contributed by atoms with van der Waals surface area (Å²) in [4.78, 5) is 6.78. The number of guanidine groups is 1. The second-order valence-corrected chi connectivity index (χ2v) is 6.59. The minimum Gasteiger partial charge on any atom is -0.374 e. The Labute approximate surface area is 160 Å². The lowest BCUT2D eigenvalue weighted by Crippen LogP contribution is -2.50. The number of hydrogen-bond acceptors (Lipinski definition) is 3. The Bertz CT molecular complexity index is 313. The average molecular weight is 440 g/mol. The van der Waals surface area contributed by atoms with Gasteiger partial charge in [-0.2, -0.15) is 0 Å². The van der Waals surface area contributed by atoms with Crippen LogP contribution in [-0.4, -0.2) is 63.3 Å². The molecule has 0 aromatic heterocycles. The molecule has 1 atom stereocenters. The fourth-order valence-corrected chi connectivity index (χ4v) is 2.78. The maximum absolute atomic E-state index is 5.86. The fourth-order valence-electron chi connectivity index (χ4n) is 2.78. The van der Waals surface area contributed by atoms with Crippen molar-refractivity contribution in [3.05, 3.63) is 0 Å². The van der Waals surface area contributed by atoms with Gasteiger partial charge in [0.1, 0.15) is 0 Å². The van der Waals surface area contributed by atoms with E-state index in [1.165, 1.54) is 25.7 Å². The first-order chi connectivity index (χ1) is 10.7. The SMILES string of the molecule is CCCCCCNC(=NC)NCC1CN(CC(C)C)CCO1.I. The van der Waals surface area contributed by atoms with Crippen LogP contribution < -0.4 is 10.6 Å². The van der Waals surface area contributed by atoms with Crippen molar-refractivity contribution in [1.29, 1.82) is 0 Å². The van der Waals surface area contributed by atoms with E-state index in [1.807, 2.05) is 7.05 Å². The quantitative estimate of drug-likeness (QED) is 0.251. The molecule has 0 saturated carbocycles. The molecule has 1 aliphatic heterocycles. The molecule has 1 rings (SSSR count). The predicted octanol–water partition coefficient (Wildman–Crippen LogP) is 2.71. The summed E-state index contributed by atoms with van der Waals surface area (Å²) in [6.07, 6.45) is 5.34. The highest BCUT2D eigenvalue weighted by Crippen LogP contribution is 2.07. The van der Waals surface area contributed by atoms with Gasteiger partial charge in [0.05, 0.1) is 12.7 Å². The number of ether oxygens (including phenoxy) is 1. The van der Waals surface area contributed by atoms with Crippen molar-refractivity contribution in [3.8, 4) is 0 Å². The molecule has 1 aliphatic rings. The van der Waals surface area contributed by atoms with Crippen molar-refractivity contribution >= 4 is 29.9 Å². The van der Waals surface area contributed by atoms with Crippen LogP contribution in [-0.2, 0) is 4.74 Å². The Morgan fingerprint density at radius 1 is 1.26 bits per heavy atom. The Balaban J connectivity index is 0.00000484. The summed E-state index contributed by atoms with van der Waals surface area (Å²) < 4.78 is 5.86. The molecule has 0 aromatic carbocycles. The topological polar surface area (TPSA) is 48.9 Å². The van der Waals surface area contributed by atoms with Crippen molar-refractivity contribution in [1.82, 2.24) is 15.5 Å². The summed E-state index contributed by atoms with van der Waals surface area (Å²) in [5, 5.41) is 6.77. The molecule has 0 amide bonds. The Morgan fingerprint density at radius 2 is 2.04 bits per heavy atom. The fraction of sp³-hybridized carbons (Fsp3) is 0.941. The van der Waals surface area contributed by atoms with E-state index in [0.717, 1.165) is 45.3 Å². The highest BCUT2D eigenvalue weighted by molar-refractivity contribution is 14.0. The van der Waals surface area contributed by atoms with E-state index in [4.69, 9.17) is 4.74 Å². The van der Waals surface area contributed by atoms with Gasteiger partial charge in [0.2, 0.25) is 0 Å². The zero-order valence-electron chi connectivity index (χ0n) is 15.4. The maximum atomic E-state index is 5.86. The van der Waals surface area contributed by atoms with Crippen molar-refractivity contribution in [2.24, 2.45) is 10.9 Å². The maximum Gasteiger partial charge on any atom is 0.191 e. The molecule has 0 bridgehead atoms. The summed E-state index contributed by atoms with van der Waals surface area (Å²) in [5.41, 5.74) is 0. The lowest BCUT2D eigenvalue weighted by molar-refractivity contribution is -0.0284. The third-order valence-corrected chi connectivity index (χ3v) is 3.89. The molecule has 6 heteroatoms. The largest absolute Gasteiger partial charge is 0.374 e. The van der Waals surface area contributed by atoms with Crippen LogP contribution in [0.4, 0.5) is 0 Å². The number of unbranched alkanes of at least 4 members (excludes halogenated alkanes) is 3. The highest BCUT2D eigenvalue weighted by Gasteiger charge is 2.20. The third kappa shape index (κ3) is 11.2. The molecule has 1 heterocycles. The summed E-state index contributed by atoms with van der Waals surface area (Å²) in [6, 6.07) is 0. The van der Waals surface area contributed by atoms with Crippen LogP contribution in [0.1, 0.15) is 46.5 Å². The van der Waals surface area contributed by atoms with Crippen LogP contribution in [0.15, 0.2) is 4.99 Å². The zero-order valence-corrected chi connectivity index (χ0v) is 17.8. The van der Waals surface area contributed by atoms with E-state index in [1.54, 1.807) is 0 Å². The monoisotopic (exact) mass is 440 g/mol. The molecule has 138 valence electrons. The second-order valence-electron chi connectivity index (χ2n) is 6.59. The predicted molar refractivity (Wildman–Crippen MR) is 110 cm³/mol. The van der Waals surface area contributed by atoms with Gasteiger partial charge < -0.3 is 15.4 Å². The number of rotatable bonds is 9. The number of aliphatic imine (C=N–C) groups is 1. The summed E-state index contributed by atoms with van der Waals surface area (Å²) in [5.74, 6) is 1.60. The molecule has 0 aromatic rings.